The van der Waals surface area contributed by atoms with Gasteiger partial charge in [-0.1, -0.05) is 13.8 Å². The number of likely N-dealkylation sites (tertiary alicyclic amines) is 1. The summed E-state index contributed by atoms with van der Waals surface area (Å²) in [5.41, 5.74) is 0.534. The van der Waals surface area contributed by atoms with Crippen LogP contribution in [0.2, 0.25) is 0 Å². The van der Waals surface area contributed by atoms with Gasteiger partial charge >= 0.3 is 5.97 Å². The van der Waals surface area contributed by atoms with Crippen molar-refractivity contribution in [3.8, 4) is 0 Å². The largest absolute Gasteiger partial charge is 0.462 e. The lowest BCUT2D eigenvalue weighted by atomic mass is 10.0. The molecule has 164 valence electrons. The second-order valence-electron chi connectivity index (χ2n) is 7.65. The maximum absolute atomic E-state index is 13.0. The minimum atomic E-state index is -0.569. The van der Waals surface area contributed by atoms with E-state index in [1.165, 1.54) is 0 Å². The minimum absolute atomic E-state index is 0.0858. The van der Waals surface area contributed by atoms with Gasteiger partial charge in [0, 0.05) is 31.9 Å². The molecule has 3 rings (SSSR count). The van der Waals surface area contributed by atoms with Gasteiger partial charge in [0.15, 0.2) is 0 Å². The molecule has 30 heavy (non-hydrogen) atoms. The van der Waals surface area contributed by atoms with Crippen LogP contribution >= 0.6 is 15.9 Å². The molecule has 7 nitrogen and oxygen atoms in total. The maximum Gasteiger partial charge on any atom is 0.343 e. The quantitative estimate of drug-likeness (QED) is 0.428. The van der Waals surface area contributed by atoms with E-state index in [1.54, 1.807) is 25.4 Å². The first kappa shape index (κ1) is 22.9. The first-order chi connectivity index (χ1) is 14.5. The lowest BCUT2D eigenvalue weighted by Crippen LogP contribution is -2.41. The van der Waals surface area contributed by atoms with Gasteiger partial charge in [-0.25, -0.2) is 9.78 Å². The number of carbonyl (C=O) groups is 1. The molecular formula is C22H31BrN4O3. The highest BCUT2D eigenvalue weighted by Gasteiger charge is 2.25. The zero-order valence-corrected chi connectivity index (χ0v) is 19.7. The van der Waals surface area contributed by atoms with E-state index in [-0.39, 0.29) is 23.6 Å². The fraction of sp³-hybridized carbons (Fsp3) is 0.591. The van der Waals surface area contributed by atoms with Crippen LogP contribution < -0.4 is 5.43 Å². The van der Waals surface area contributed by atoms with Gasteiger partial charge < -0.3 is 19.1 Å². The fourth-order valence-corrected chi connectivity index (χ4v) is 4.49. The summed E-state index contributed by atoms with van der Waals surface area (Å²) in [6.45, 7) is 12.5. The molecule has 2 aromatic heterocycles. The standard InChI is InChI=1S/C22H31BrN4O3/c1-4-25(5-2)10-11-26-9-7-8-16(14-26)27-15-18(22(29)30-6-3)21(28)17-12-20(23)24-13-19(17)27/h12-13,15-16H,4-11,14H2,1-3H3/t16-/m1/s1. The van der Waals surface area contributed by atoms with E-state index in [4.69, 9.17) is 4.74 Å². The third-order valence-electron chi connectivity index (χ3n) is 5.88. The Hall–Kier alpha value is -1.77. The molecule has 1 saturated heterocycles. The Balaban J connectivity index is 1.94. The van der Waals surface area contributed by atoms with Gasteiger partial charge in [0.05, 0.1) is 23.7 Å². The van der Waals surface area contributed by atoms with Crippen molar-refractivity contribution >= 4 is 32.8 Å². The molecule has 8 heteroatoms. The number of carbonyl (C=O) groups excluding carboxylic acids is 1. The van der Waals surface area contributed by atoms with Crippen molar-refractivity contribution in [2.75, 3.05) is 45.9 Å². The number of fused-ring (bicyclic) bond motifs is 1. The second kappa shape index (κ2) is 10.5. The molecule has 0 aromatic carbocycles. The zero-order valence-electron chi connectivity index (χ0n) is 18.1. The number of esters is 1. The van der Waals surface area contributed by atoms with E-state index in [0.717, 1.165) is 57.6 Å². The highest BCUT2D eigenvalue weighted by atomic mass is 79.9. The van der Waals surface area contributed by atoms with Crippen LogP contribution in [0.25, 0.3) is 10.9 Å². The van der Waals surface area contributed by atoms with E-state index in [9.17, 15) is 9.59 Å². The van der Waals surface area contributed by atoms with E-state index >= 15 is 0 Å². The van der Waals surface area contributed by atoms with E-state index in [0.29, 0.717) is 9.99 Å². The van der Waals surface area contributed by atoms with Gasteiger partial charge in [0.2, 0.25) is 5.43 Å². The van der Waals surface area contributed by atoms with E-state index in [2.05, 4.69) is 49.1 Å². The van der Waals surface area contributed by atoms with E-state index in [1.807, 2.05) is 0 Å². The number of hydrogen-bond donors (Lipinski definition) is 0. The van der Waals surface area contributed by atoms with Crippen LogP contribution in [0.15, 0.2) is 27.9 Å². The number of pyridine rings is 2. The summed E-state index contributed by atoms with van der Waals surface area (Å²) in [7, 11) is 0. The molecule has 0 radical (unpaired) electrons. The van der Waals surface area contributed by atoms with Crippen molar-refractivity contribution in [2.24, 2.45) is 0 Å². The number of piperidine rings is 1. The van der Waals surface area contributed by atoms with Gasteiger partial charge in [-0.2, -0.15) is 0 Å². The van der Waals surface area contributed by atoms with Crippen LogP contribution in [-0.2, 0) is 4.74 Å². The fourth-order valence-electron chi connectivity index (χ4n) is 4.16. The van der Waals surface area contributed by atoms with Crippen molar-refractivity contribution in [1.82, 2.24) is 19.4 Å². The number of halogens is 1. The molecule has 0 bridgehead atoms. The van der Waals surface area contributed by atoms with Gasteiger partial charge in [-0.15, -0.1) is 0 Å². The molecule has 1 aliphatic heterocycles. The van der Waals surface area contributed by atoms with Crippen molar-refractivity contribution in [3.05, 3.63) is 38.9 Å². The van der Waals surface area contributed by atoms with Gasteiger partial charge in [0.25, 0.3) is 0 Å². The van der Waals surface area contributed by atoms with Crippen LogP contribution in [0.4, 0.5) is 0 Å². The first-order valence-corrected chi connectivity index (χ1v) is 11.6. The number of hydrogen-bond acceptors (Lipinski definition) is 6. The summed E-state index contributed by atoms with van der Waals surface area (Å²) >= 11 is 3.35. The van der Waals surface area contributed by atoms with Crippen molar-refractivity contribution < 1.29 is 9.53 Å². The second-order valence-corrected chi connectivity index (χ2v) is 8.46. The molecule has 1 atom stereocenters. The predicted molar refractivity (Wildman–Crippen MR) is 122 cm³/mol. The molecule has 0 unspecified atom stereocenters. The van der Waals surface area contributed by atoms with Crippen molar-refractivity contribution in [2.45, 2.75) is 39.7 Å². The maximum atomic E-state index is 13.0. The summed E-state index contributed by atoms with van der Waals surface area (Å²) in [5.74, 6) is -0.569. The van der Waals surface area contributed by atoms with Crippen LogP contribution in [-0.4, -0.2) is 71.2 Å². The van der Waals surface area contributed by atoms with Crippen LogP contribution in [0, 0.1) is 0 Å². The number of likely N-dealkylation sites (N-methyl/N-ethyl adjacent to an activating group) is 1. The molecule has 0 aliphatic carbocycles. The highest BCUT2D eigenvalue weighted by Crippen LogP contribution is 2.26. The van der Waals surface area contributed by atoms with Gasteiger partial charge in [-0.3, -0.25) is 4.79 Å². The number of ether oxygens (including phenoxy) is 1. The summed E-state index contributed by atoms with van der Waals surface area (Å²) in [6, 6.07) is 1.87. The Labute approximate surface area is 186 Å². The van der Waals surface area contributed by atoms with Crippen LogP contribution in [0.3, 0.4) is 0 Å². The monoisotopic (exact) mass is 478 g/mol. The summed E-state index contributed by atoms with van der Waals surface area (Å²) < 4.78 is 7.78. The lowest BCUT2D eigenvalue weighted by molar-refractivity contribution is 0.0523. The normalized spacial score (nSPS) is 17.6. The Morgan fingerprint density at radius 2 is 2.10 bits per heavy atom. The highest BCUT2D eigenvalue weighted by molar-refractivity contribution is 9.10. The molecule has 0 spiro atoms. The predicted octanol–water partition coefficient (Wildman–Crippen LogP) is 3.31. The summed E-state index contributed by atoms with van der Waals surface area (Å²) in [6.07, 6.45) is 5.47. The molecule has 0 N–H and O–H groups in total. The van der Waals surface area contributed by atoms with Crippen molar-refractivity contribution in [3.63, 3.8) is 0 Å². The Kier molecular flexibility index (Phi) is 8.02. The molecule has 0 saturated carbocycles. The molecule has 0 amide bonds. The Bertz CT molecular complexity index is 942. The number of aromatic nitrogens is 2. The number of rotatable bonds is 8. The molecule has 2 aromatic rings. The van der Waals surface area contributed by atoms with Gasteiger partial charge in [0.1, 0.15) is 10.2 Å². The Morgan fingerprint density at radius 3 is 2.80 bits per heavy atom. The smallest absolute Gasteiger partial charge is 0.343 e. The average Bonchev–Trinajstić information content (AvgIpc) is 2.75. The van der Waals surface area contributed by atoms with Crippen LogP contribution in [0.1, 0.15) is 50.0 Å². The third kappa shape index (κ3) is 5.10. The SMILES string of the molecule is CCOC(=O)c1cn([C@@H]2CCCN(CCN(CC)CC)C2)c2cnc(Br)cc2c1=O. The van der Waals surface area contributed by atoms with Crippen LogP contribution in [0.5, 0.6) is 0 Å². The topological polar surface area (TPSA) is 67.7 Å². The molecule has 1 fully saturated rings. The first-order valence-electron chi connectivity index (χ1n) is 10.8. The summed E-state index contributed by atoms with van der Waals surface area (Å²) in [4.78, 5) is 34.7. The average molecular weight is 479 g/mol. The third-order valence-corrected chi connectivity index (χ3v) is 6.32. The minimum Gasteiger partial charge on any atom is -0.462 e. The molecule has 1 aliphatic rings. The van der Waals surface area contributed by atoms with Gasteiger partial charge in [-0.05, 0) is 61.4 Å². The summed E-state index contributed by atoms with van der Waals surface area (Å²) in [5, 5.41) is 0.489. The van der Waals surface area contributed by atoms with E-state index < -0.39 is 5.97 Å². The molecular weight excluding hydrogens is 448 g/mol. The Morgan fingerprint density at radius 1 is 1.33 bits per heavy atom. The zero-order chi connectivity index (χ0) is 21.7. The molecule has 3 heterocycles. The lowest BCUT2D eigenvalue weighted by Gasteiger charge is -2.35. The number of nitrogens with zero attached hydrogens (tertiary/aromatic N) is 4. The van der Waals surface area contributed by atoms with Crippen molar-refractivity contribution in [1.29, 1.82) is 0 Å².